The molecule has 1 aromatic carbocycles. The molecule has 0 unspecified atom stereocenters. The Balaban J connectivity index is 2.35. The smallest absolute Gasteiger partial charge is 0.270 e. The molecule has 0 N–H and O–H groups in total. The van der Waals surface area contributed by atoms with E-state index < -0.39 is 0 Å². The number of carbonyl (C=O) groups is 1. The summed E-state index contributed by atoms with van der Waals surface area (Å²) < 4.78 is 2.00. The maximum Gasteiger partial charge on any atom is 0.270 e. The molecule has 0 aliphatic rings. The molecule has 0 radical (unpaired) electrons. The number of benzene rings is 1. The summed E-state index contributed by atoms with van der Waals surface area (Å²) in [5.41, 5.74) is 2.85. The van der Waals surface area contributed by atoms with Crippen molar-refractivity contribution in [2.24, 2.45) is 0 Å². The van der Waals surface area contributed by atoms with E-state index in [4.69, 9.17) is 11.6 Å². The van der Waals surface area contributed by atoms with Gasteiger partial charge in [-0.2, -0.15) is 0 Å². The molecule has 21 heavy (non-hydrogen) atoms. The highest BCUT2D eigenvalue weighted by molar-refractivity contribution is 6.30. The first-order valence-electron chi connectivity index (χ1n) is 7.28. The normalized spacial score (nSPS) is 10.7. The third kappa shape index (κ3) is 3.48. The summed E-state index contributed by atoms with van der Waals surface area (Å²) in [4.78, 5) is 14.3. The van der Waals surface area contributed by atoms with Crippen molar-refractivity contribution in [3.8, 4) is 11.1 Å². The van der Waals surface area contributed by atoms with Crippen LogP contribution in [-0.4, -0.2) is 29.0 Å². The lowest BCUT2D eigenvalue weighted by atomic mass is 10.1. The molecule has 0 saturated heterocycles. The van der Waals surface area contributed by atoms with Crippen molar-refractivity contribution in [1.82, 2.24) is 9.47 Å². The highest BCUT2D eigenvalue weighted by atomic mass is 35.5. The molecule has 2 rings (SSSR count). The maximum atomic E-state index is 12.5. The van der Waals surface area contributed by atoms with Crippen LogP contribution in [0.1, 0.15) is 30.8 Å². The van der Waals surface area contributed by atoms with E-state index in [2.05, 4.69) is 6.92 Å². The van der Waals surface area contributed by atoms with Gasteiger partial charge < -0.3 is 9.47 Å². The zero-order chi connectivity index (χ0) is 15.4. The van der Waals surface area contributed by atoms with E-state index >= 15 is 0 Å². The largest absolute Gasteiger partial charge is 0.343 e. The fourth-order valence-corrected chi connectivity index (χ4v) is 2.51. The van der Waals surface area contributed by atoms with Gasteiger partial charge in [-0.25, -0.2) is 0 Å². The number of carbonyl (C=O) groups excluding carboxylic acids is 1. The molecule has 4 heteroatoms. The van der Waals surface area contributed by atoms with Crippen LogP contribution in [0.3, 0.4) is 0 Å². The predicted octanol–water partition coefficient (Wildman–Crippen LogP) is 4.31. The molecule has 112 valence electrons. The number of rotatable bonds is 5. The first-order chi connectivity index (χ1) is 10.1. The third-order valence-electron chi connectivity index (χ3n) is 3.54. The predicted molar refractivity (Wildman–Crippen MR) is 87.8 cm³/mol. The quantitative estimate of drug-likeness (QED) is 0.808. The van der Waals surface area contributed by atoms with Gasteiger partial charge >= 0.3 is 0 Å². The van der Waals surface area contributed by atoms with Gasteiger partial charge in [-0.1, -0.05) is 30.7 Å². The molecule has 1 aromatic heterocycles. The van der Waals surface area contributed by atoms with Crippen LogP contribution >= 0.6 is 11.6 Å². The molecule has 0 aliphatic carbocycles. The summed E-state index contributed by atoms with van der Waals surface area (Å²) >= 11 is 5.92. The Hall–Kier alpha value is -1.74. The number of halogens is 1. The highest BCUT2D eigenvalue weighted by Crippen LogP contribution is 2.24. The average Bonchev–Trinajstić information content (AvgIpc) is 2.91. The molecule has 0 bridgehead atoms. The first-order valence-corrected chi connectivity index (χ1v) is 7.66. The van der Waals surface area contributed by atoms with E-state index in [0.29, 0.717) is 5.02 Å². The van der Waals surface area contributed by atoms with E-state index in [1.54, 1.807) is 4.90 Å². The minimum atomic E-state index is 0.0684. The van der Waals surface area contributed by atoms with Gasteiger partial charge in [0, 0.05) is 36.9 Å². The molecule has 0 fully saturated rings. The molecular weight excluding hydrogens is 284 g/mol. The van der Waals surface area contributed by atoms with Crippen LogP contribution in [0.25, 0.3) is 11.1 Å². The third-order valence-corrected chi connectivity index (χ3v) is 3.79. The van der Waals surface area contributed by atoms with Crippen molar-refractivity contribution in [2.45, 2.75) is 26.8 Å². The Kier molecular flexibility index (Phi) is 5.07. The Morgan fingerprint density at radius 3 is 2.43 bits per heavy atom. The fourth-order valence-electron chi connectivity index (χ4n) is 2.38. The van der Waals surface area contributed by atoms with Gasteiger partial charge in [0.1, 0.15) is 5.69 Å². The number of hydrogen-bond donors (Lipinski definition) is 0. The van der Waals surface area contributed by atoms with Crippen LogP contribution in [0.5, 0.6) is 0 Å². The van der Waals surface area contributed by atoms with Crippen molar-refractivity contribution < 1.29 is 4.79 Å². The van der Waals surface area contributed by atoms with Crippen molar-refractivity contribution >= 4 is 17.5 Å². The summed E-state index contributed by atoms with van der Waals surface area (Å²) in [6.07, 6.45) is 2.98. The molecule has 3 nitrogen and oxygen atoms in total. The Bertz CT molecular complexity index is 616. The van der Waals surface area contributed by atoms with Gasteiger partial charge in [-0.05, 0) is 37.1 Å². The zero-order valence-electron chi connectivity index (χ0n) is 12.8. The summed E-state index contributed by atoms with van der Waals surface area (Å²) in [5, 5.41) is 0.715. The van der Waals surface area contributed by atoms with E-state index in [0.717, 1.165) is 36.3 Å². The summed E-state index contributed by atoms with van der Waals surface area (Å²) in [5.74, 6) is 0.0684. The molecule has 0 spiro atoms. The standard InChI is InChI=1S/C17H21ClN2O/c1-4-10-19(3)17(21)16-11-14(12-20(16)5-2)13-6-8-15(18)9-7-13/h6-9,11-12H,4-5,10H2,1-3H3. The lowest BCUT2D eigenvalue weighted by Crippen LogP contribution is -2.29. The number of aryl methyl sites for hydroxylation is 1. The van der Waals surface area contributed by atoms with Crippen LogP contribution in [0, 0.1) is 0 Å². The van der Waals surface area contributed by atoms with Gasteiger partial charge in [0.05, 0.1) is 0 Å². The summed E-state index contributed by atoms with van der Waals surface area (Å²) in [6, 6.07) is 9.64. The average molecular weight is 305 g/mol. The topological polar surface area (TPSA) is 25.2 Å². The van der Waals surface area contributed by atoms with Gasteiger partial charge in [0.25, 0.3) is 5.91 Å². The molecule has 0 saturated carbocycles. The second-order valence-electron chi connectivity index (χ2n) is 5.13. The molecular formula is C17H21ClN2O. The summed E-state index contributed by atoms with van der Waals surface area (Å²) in [7, 11) is 1.85. The van der Waals surface area contributed by atoms with E-state index in [1.807, 2.05) is 55.1 Å². The van der Waals surface area contributed by atoms with Crippen molar-refractivity contribution in [3.63, 3.8) is 0 Å². The highest BCUT2D eigenvalue weighted by Gasteiger charge is 2.17. The van der Waals surface area contributed by atoms with Crippen LogP contribution in [0.4, 0.5) is 0 Å². The van der Waals surface area contributed by atoms with E-state index in [1.165, 1.54) is 0 Å². The van der Waals surface area contributed by atoms with Gasteiger partial charge in [0.2, 0.25) is 0 Å². The lowest BCUT2D eigenvalue weighted by molar-refractivity contribution is 0.0784. The molecule has 0 aliphatic heterocycles. The zero-order valence-corrected chi connectivity index (χ0v) is 13.5. The van der Waals surface area contributed by atoms with Crippen LogP contribution in [0.15, 0.2) is 36.5 Å². The Morgan fingerprint density at radius 1 is 1.19 bits per heavy atom. The lowest BCUT2D eigenvalue weighted by Gasteiger charge is -2.16. The minimum absolute atomic E-state index is 0.0684. The fraction of sp³-hybridized carbons (Fsp3) is 0.353. The van der Waals surface area contributed by atoms with Crippen LogP contribution in [0.2, 0.25) is 5.02 Å². The first kappa shape index (κ1) is 15.6. The van der Waals surface area contributed by atoms with Crippen molar-refractivity contribution in [1.29, 1.82) is 0 Å². The van der Waals surface area contributed by atoms with Crippen molar-refractivity contribution in [2.75, 3.05) is 13.6 Å². The second kappa shape index (κ2) is 6.81. The monoisotopic (exact) mass is 304 g/mol. The number of aromatic nitrogens is 1. The molecule has 1 amide bonds. The van der Waals surface area contributed by atoms with E-state index in [9.17, 15) is 4.79 Å². The Morgan fingerprint density at radius 2 is 1.86 bits per heavy atom. The minimum Gasteiger partial charge on any atom is -0.343 e. The molecule has 1 heterocycles. The van der Waals surface area contributed by atoms with Crippen LogP contribution < -0.4 is 0 Å². The maximum absolute atomic E-state index is 12.5. The second-order valence-corrected chi connectivity index (χ2v) is 5.57. The molecule has 2 aromatic rings. The van der Waals surface area contributed by atoms with Gasteiger partial charge in [0.15, 0.2) is 0 Å². The summed E-state index contributed by atoms with van der Waals surface area (Å²) in [6.45, 7) is 5.66. The number of amides is 1. The van der Waals surface area contributed by atoms with E-state index in [-0.39, 0.29) is 5.91 Å². The Labute approximate surface area is 131 Å². The number of nitrogens with zero attached hydrogens (tertiary/aromatic N) is 2. The SMILES string of the molecule is CCCN(C)C(=O)c1cc(-c2ccc(Cl)cc2)cn1CC. The van der Waals surface area contributed by atoms with Crippen molar-refractivity contribution in [3.05, 3.63) is 47.2 Å². The molecule has 0 atom stereocenters. The van der Waals surface area contributed by atoms with Crippen LogP contribution in [-0.2, 0) is 6.54 Å². The number of hydrogen-bond acceptors (Lipinski definition) is 1. The van der Waals surface area contributed by atoms with Gasteiger partial charge in [-0.15, -0.1) is 0 Å². The van der Waals surface area contributed by atoms with Gasteiger partial charge in [-0.3, -0.25) is 4.79 Å².